The number of aromatic nitrogens is 2. The number of nitrogens with one attached hydrogen (secondary N) is 1. The van der Waals surface area contributed by atoms with Crippen molar-refractivity contribution in [2.24, 2.45) is 4.99 Å². The molecule has 0 unspecified atom stereocenters. The van der Waals surface area contributed by atoms with Crippen LogP contribution in [0.3, 0.4) is 0 Å². The quantitative estimate of drug-likeness (QED) is 0.636. The van der Waals surface area contributed by atoms with Gasteiger partial charge in [0.2, 0.25) is 5.91 Å². The molecule has 2 aromatic carbocycles. The minimum absolute atomic E-state index is 0.234. The van der Waals surface area contributed by atoms with Crippen molar-refractivity contribution in [2.75, 3.05) is 0 Å². The molecule has 30 heavy (non-hydrogen) atoms. The predicted octanol–water partition coefficient (Wildman–Crippen LogP) is 3.01. The number of para-hydroxylation sites is 1. The number of amides is 1. The fourth-order valence-electron chi connectivity index (χ4n) is 2.77. The summed E-state index contributed by atoms with van der Waals surface area (Å²) in [5.74, 6) is 0.937. The molecule has 0 saturated heterocycles. The van der Waals surface area contributed by atoms with Crippen LogP contribution in [0.2, 0.25) is 0 Å². The van der Waals surface area contributed by atoms with E-state index in [1.165, 1.54) is 12.4 Å². The second-order valence-electron chi connectivity index (χ2n) is 6.28. The molecule has 0 aliphatic carbocycles. The van der Waals surface area contributed by atoms with Gasteiger partial charge in [-0.15, -0.1) is 0 Å². The molecule has 0 atom stereocenters. The van der Waals surface area contributed by atoms with Gasteiger partial charge >= 0.3 is 0 Å². The van der Waals surface area contributed by atoms with Crippen LogP contribution >= 0.6 is 0 Å². The van der Waals surface area contributed by atoms with Crippen LogP contribution in [-0.4, -0.2) is 15.9 Å². The molecule has 1 aromatic heterocycles. The Morgan fingerprint density at radius 3 is 2.63 bits per heavy atom. The van der Waals surface area contributed by atoms with Gasteiger partial charge in [0.25, 0.3) is 0 Å². The minimum atomic E-state index is -0.234. The van der Waals surface area contributed by atoms with Crippen molar-refractivity contribution in [1.29, 1.82) is 0 Å². The van der Waals surface area contributed by atoms with E-state index in [4.69, 9.17) is 9.73 Å². The van der Waals surface area contributed by atoms with Crippen molar-refractivity contribution in [3.63, 3.8) is 0 Å². The largest absolute Gasteiger partial charge is 0.465 e. The molecule has 0 fully saturated rings. The van der Waals surface area contributed by atoms with Crippen molar-refractivity contribution in [3.8, 4) is 5.75 Å². The van der Waals surface area contributed by atoms with Gasteiger partial charge in [0.15, 0.2) is 5.82 Å². The highest BCUT2D eigenvalue weighted by Crippen LogP contribution is 2.25. The predicted molar refractivity (Wildman–Crippen MR) is 116 cm³/mol. The lowest BCUT2D eigenvalue weighted by molar-refractivity contribution is -0.115. The van der Waals surface area contributed by atoms with Gasteiger partial charge < -0.3 is 10.1 Å². The topological polar surface area (TPSA) is 76.5 Å². The summed E-state index contributed by atoms with van der Waals surface area (Å²) >= 11 is 0. The summed E-state index contributed by atoms with van der Waals surface area (Å²) in [5, 5.41) is 4.96. The Kier molecular flexibility index (Phi) is 5.86. The second kappa shape index (κ2) is 9.25. The fourth-order valence-corrected chi connectivity index (χ4v) is 2.77. The molecule has 1 aliphatic heterocycles. The number of carbonyl (C=O) groups excluding carboxylic acids is 1. The summed E-state index contributed by atoms with van der Waals surface area (Å²) in [6, 6.07) is 13.1. The fraction of sp³-hybridized carbons (Fsp3) is 0. The molecule has 1 aliphatic rings. The molecule has 4 rings (SSSR count). The Bertz CT molecular complexity index is 1320. The molecule has 2 bridgehead atoms. The Morgan fingerprint density at radius 1 is 0.867 bits per heavy atom. The minimum Gasteiger partial charge on any atom is -0.465 e. The number of carbonyl (C=O) groups is 1. The van der Waals surface area contributed by atoms with Gasteiger partial charge in [-0.25, -0.2) is 15.0 Å². The molecule has 0 radical (unpaired) electrons. The van der Waals surface area contributed by atoms with Gasteiger partial charge in [0, 0.05) is 22.9 Å². The van der Waals surface area contributed by atoms with E-state index in [0.717, 1.165) is 16.1 Å². The molecule has 0 spiro atoms. The van der Waals surface area contributed by atoms with Crippen LogP contribution in [0.1, 0.15) is 0 Å². The van der Waals surface area contributed by atoms with Gasteiger partial charge in [0.1, 0.15) is 12.1 Å². The first-order valence-corrected chi connectivity index (χ1v) is 9.32. The molecule has 6 heteroatoms. The summed E-state index contributed by atoms with van der Waals surface area (Å²) in [5.41, 5.74) is 0.760. The van der Waals surface area contributed by atoms with Crippen LogP contribution in [0.4, 0.5) is 5.82 Å². The maximum absolute atomic E-state index is 12.0. The summed E-state index contributed by atoms with van der Waals surface area (Å²) in [6.45, 7) is 0. The third-order valence-electron chi connectivity index (χ3n) is 4.20. The van der Waals surface area contributed by atoms with E-state index in [0.29, 0.717) is 16.9 Å². The van der Waals surface area contributed by atoms with Crippen LogP contribution in [0.5, 0.6) is 5.75 Å². The van der Waals surface area contributed by atoms with E-state index >= 15 is 0 Å². The number of nitrogens with zero attached hydrogens (tertiary/aromatic N) is 3. The lowest BCUT2D eigenvalue weighted by Gasteiger charge is -2.04. The maximum Gasteiger partial charge on any atom is 0.247 e. The molecule has 0 saturated carbocycles. The number of fused-ring (bicyclic) bond motifs is 2. The van der Waals surface area contributed by atoms with Gasteiger partial charge in [-0.2, -0.15) is 0 Å². The number of hydrogen-bond donors (Lipinski definition) is 1. The Hall–Kier alpha value is -4.32. The van der Waals surface area contributed by atoms with Crippen molar-refractivity contribution in [1.82, 2.24) is 15.3 Å². The first-order chi connectivity index (χ1) is 14.8. The summed E-state index contributed by atoms with van der Waals surface area (Å²) in [6.07, 6.45) is 16.8. The highest BCUT2D eigenvalue weighted by atomic mass is 16.5. The first-order valence-electron chi connectivity index (χ1n) is 9.32. The second-order valence-corrected chi connectivity index (χ2v) is 6.28. The number of benzene rings is 2. The third kappa shape index (κ3) is 4.74. The maximum atomic E-state index is 12.0. The van der Waals surface area contributed by atoms with E-state index in [1.54, 1.807) is 30.7 Å². The van der Waals surface area contributed by atoms with Crippen molar-refractivity contribution in [3.05, 3.63) is 108 Å². The Morgan fingerprint density at radius 2 is 1.70 bits per heavy atom. The zero-order chi connectivity index (χ0) is 20.6. The monoisotopic (exact) mass is 394 g/mol. The lowest BCUT2D eigenvalue weighted by Crippen LogP contribution is -2.28. The van der Waals surface area contributed by atoms with Gasteiger partial charge in [0.05, 0.1) is 17.1 Å². The van der Waals surface area contributed by atoms with Crippen LogP contribution in [0.15, 0.2) is 103 Å². The third-order valence-corrected chi connectivity index (χ3v) is 4.20. The normalized spacial score (nSPS) is 20.5. The van der Waals surface area contributed by atoms with Crippen molar-refractivity contribution >= 4 is 28.8 Å². The molecular weight excluding hydrogens is 376 g/mol. The molecule has 146 valence electrons. The van der Waals surface area contributed by atoms with Gasteiger partial charge in [-0.1, -0.05) is 48.6 Å². The molecule has 1 N–H and O–H groups in total. The van der Waals surface area contributed by atoms with Crippen LogP contribution in [-0.2, 0) is 4.79 Å². The average molecular weight is 394 g/mol. The van der Waals surface area contributed by atoms with Gasteiger partial charge in [-0.3, -0.25) is 4.79 Å². The summed E-state index contributed by atoms with van der Waals surface area (Å²) in [4.78, 5) is 25.4. The SMILES string of the molecule is O=C1\C=C/C=C\C=C/C=C\Oc2ccc3ncnc(c3c2)/N=c2/cccc/c2=C/N1. The number of hydrogen-bond acceptors (Lipinski definition) is 5. The first kappa shape index (κ1) is 19.0. The van der Waals surface area contributed by atoms with E-state index in [2.05, 4.69) is 15.3 Å². The number of allylic oxidation sites excluding steroid dienone is 6. The van der Waals surface area contributed by atoms with Crippen LogP contribution in [0, 0.1) is 0 Å². The molecule has 3 aromatic rings. The lowest BCUT2D eigenvalue weighted by atomic mass is 10.2. The molecule has 6 nitrogen and oxygen atoms in total. The van der Waals surface area contributed by atoms with Crippen molar-refractivity contribution < 1.29 is 9.53 Å². The highest BCUT2D eigenvalue weighted by Gasteiger charge is 2.04. The summed E-state index contributed by atoms with van der Waals surface area (Å²) < 4.78 is 5.69. The Balaban J connectivity index is 1.88. The van der Waals surface area contributed by atoms with Crippen molar-refractivity contribution in [2.45, 2.75) is 0 Å². The highest BCUT2D eigenvalue weighted by molar-refractivity contribution is 5.90. The average Bonchev–Trinajstić information content (AvgIpc) is 2.77. The molecule has 2 heterocycles. The zero-order valence-electron chi connectivity index (χ0n) is 16.0. The summed E-state index contributed by atoms with van der Waals surface area (Å²) in [7, 11) is 0. The standard InChI is InChI=1S/C24H18N4O2/c29-23-11-5-3-1-2-4-8-14-30-19-12-13-22-20(15-19)24(27-17-26-22)28-21-10-7-6-9-18(21)16-25-23/h1-17H,(H,25,29)/b3-1-,4-2-,11-5-,14-8-,18-16-,28-21-. The van der Waals surface area contributed by atoms with Crippen LogP contribution < -0.4 is 20.6 Å². The van der Waals surface area contributed by atoms with E-state index in [-0.39, 0.29) is 5.91 Å². The smallest absolute Gasteiger partial charge is 0.247 e. The van der Waals surface area contributed by atoms with Crippen LogP contribution in [0.25, 0.3) is 17.1 Å². The zero-order valence-corrected chi connectivity index (χ0v) is 16.0. The van der Waals surface area contributed by atoms with Gasteiger partial charge in [-0.05, 0) is 30.3 Å². The van der Waals surface area contributed by atoms with E-state index in [1.807, 2.05) is 60.7 Å². The Labute approximate surface area is 173 Å². The molecule has 1 amide bonds. The molecular formula is C24H18N4O2. The number of ether oxygens (including phenoxy) is 1. The van der Waals surface area contributed by atoms with E-state index < -0.39 is 0 Å². The van der Waals surface area contributed by atoms with E-state index in [9.17, 15) is 4.79 Å². The number of rotatable bonds is 0.